The van der Waals surface area contributed by atoms with Gasteiger partial charge in [0, 0.05) is 25.7 Å². The Hall–Kier alpha value is -1.35. The molecule has 8 nitrogen and oxygen atoms in total. The van der Waals surface area contributed by atoms with Crippen LogP contribution in [0.5, 0.6) is 0 Å². The third-order valence-corrected chi connectivity index (χ3v) is 4.76. The molecule has 2 fully saturated rings. The molecule has 3 N–H and O–H groups in total. The van der Waals surface area contributed by atoms with Gasteiger partial charge >= 0.3 is 6.03 Å². The first-order valence-corrected chi connectivity index (χ1v) is 9.55. The lowest BCUT2D eigenvalue weighted by molar-refractivity contribution is -0.122. The molecule has 0 aromatic rings. The first-order chi connectivity index (χ1) is 10.3. The zero-order valence-corrected chi connectivity index (χ0v) is 13.6. The Kier molecular flexibility index (Phi) is 5.63. The molecule has 2 aliphatic rings. The highest BCUT2D eigenvalue weighted by Gasteiger charge is 2.28. The first-order valence-electron chi connectivity index (χ1n) is 7.65. The van der Waals surface area contributed by atoms with Crippen LogP contribution in [0.15, 0.2) is 0 Å². The zero-order chi connectivity index (χ0) is 16.2. The van der Waals surface area contributed by atoms with Gasteiger partial charge in [0.25, 0.3) is 0 Å². The second kappa shape index (κ2) is 7.28. The molecule has 2 heterocycles. The van der Waals surface area contributed by atoms with Crippen LogP contribution >= 0.6 is 0 Å². The summed E-state index contributed by atoms with van der Waals surface area (Å²) in [6, 6.07) is -0.845. The summed E-state index contributed by atoms with van der Waals surface area (Å²) >= 11 is 0. The van der Waals surface area contributed by atoms with Gasteiger partial charge in [0.05, 0.1) is 6.26 Å². The monoisotopic (exact) mass is 332 g/mol. The van der Waals surface area contributed by atoms with Crippen LogP contribution in [0.2, 0.25) is 0 Å². The lowest BCUT2D eigenvalue weighted by Gasteiger charge is -2.32. The maximum atomic E-state index is 12.2. The number of likely N-dealkylation sites (tertiary alicyclic amines) is 1. The summed E-state index contributed by atoms with van der Waals surface area (Å²) in [7, 11) is -3.22. The molecule has 2 rings (SSSR count). The van der Waals surface area contributed by atoms with E-state index in [4.69, 9.17) is 0 Å². The molecule has 2 saturated heterocycles. The highest BCUT2D eigenvalue weighted by atomic mass is 32.2. The lowest BCUT2D eigenvalue weighted by atomic mass is 10.1. The van der Waals surface area contributed by atoms with Crippen molar-refractivity contribution < 1.29 is 18.0 Å². The quantitative estimate of drug-likeness (QED) is 0.640. The van der Waals surface area contributed by atoms with Crippen molar-refractivity contribution >= 4 is 22.0 Å². The standard InChI is InChI=1S/C13H24N4O4S/c1-22(20,21)16-10-5-8-17(9-6-10)13(19)15-11-4-2-3-7-14-12(11)18/h10-11,16H,2-9H2,1H3,(H,14,18)(H,15,19)/t11-/m0/s1. The molecule has 0 aromatic carbocycles. The summed E-state index contributed by atoms with van der Waals surface area (Å²) in [4.78, 5) is 25.7. The summed E-state index contributed by atoms with van der Waals surface area (Å²) in [6.07, 6.45) is 4.79. The van der Waals surface area contributed by atoms with Crippen molar-refractivity contribution in [3.05, 3.63) is 0 Å². The smallest absolute Gasteiger partial charge is 0.318 e. The van der Waals surface area contributed by atoms with Gasteiger partial charge in [0.15, 0.2) is 0 Å². The van der Waals surface area contributed by atoms with Gasteiger partial charge in [-0.3, -0.25) is 4.79 Å². The summed E-state index contributed by atoms with van der Waals surface area (Å²) < 4.78 is 25.0. The van der Waals surface area contributed by atoms with E-state index in [0.29, 0.717) is 38.9 Å². The average Bonchev–Trinajstić information content (AvgIpc) is 2.63. The minimum atomic E-state index is -3.22. The van der Waals surface area contributed by atoms with Crippen LogP contribution in [-0.2, 0) is 14.8 Å². The first kappa shape index (κ1) is 17.0. The summed E-state index contributed by atoms with van der Waals surface area (Å²) in [5.41, 5.74) is 0. The average molecular weight is 332 g/mol. The summed E-state index contributed by atoms with van der Waals surface area (Å²) in [5.74, 6) is -0.125. The Morgan fingerprint density at radius 1 is 1.23 bits per heavy atom. The number of sulfonamides is 1. The molecule has 3 amide bonds. The van der Waals surface area contributed by atoms with Gasteiger partial charge in [-0.25, -0.2) is 17.9 Å². The number of piperidine rings is 1. The molecular formula is C13H24N4O4S. The number of amides is 3. The molecule has 2 aliphatic heterocycles. The van der Waals surface area contributed by atoms with Crippen LogP contribution < -0.4 is 15.4 Å². The number of urea groups is 1. The van der Waals surface area contributed by atoms with Crippen molar-refractivity contribution in [3.63, 3.8) is 0 Å². The molecule has 0 saturated carbocycles. The fourth-order valence-corrected chi connectivity index (χ4v) is 3.66. The number of carbonyl (C=O) groups excluding carboxylic acids is 2. The summed E-state index contributed by atoms with van der Waals surface area (Å²) in [5, 5.41) is 5.56. The van der Waals surface area contributed by atoms with Crippen LogP contribution in [-0.4, -0.2) is 63.2 Å². The number of hydrogen-bond acceptors (Lipinski definition) is 4. The molecule has 0 aliphatic carbocycles. The van der Waals surface area contributed by atoms with Crippen LogP contribution in [0.25, 0.3) is 0 Å². The van der Waals surface area contributed by atoms with E-state index >= 15 is 0 Å². The van der Waals surface area contributed by atoms with Crippen LogP contribution in [0, 0.1) is 0 Å². The lowest BCUT2D eigenvalue weighted by Crippen LogP contribution is -2.53. The van der Waals surface area contributed by atoms with Crippen molar-refractivity contribution in [1.82, 2.24) is 20.3 Å². The van der Waals surface area contributed by atoms with Gasteiger partial charge in [0.2, 0.25) is 15.9 Å². The molecule has 0 bridgehead atoms. The fraction of sp³-hybridized carbons (Fsp3) is 0.846. The molecule has 0 spiro atoms. The van der Waals surface area contributed by atoms with Crippen molar-refractivity contribution in [2.24, 2.45) is 0 Å². The number of nitrogens with zero attached hydrogens (tertiary/aromatic N) is 1. The fourth-order valence-electron chi connectivity index (χ4n) is 2.82. The van der Waals surface area contributed by atoms with Crippen molar-refractivity contribution in [2.75, 3.05) is 25.9 Å². The van der Waals surface area contributed by atoms with E-state index in [-0.39, 0.29) is 18.0 Å². The number of rotatable bonds is 3. The second-order valence-electron chi connectivity index (χ2n) is 5.94. The minimum Gasteiger partial charge on any atom is -0.354 e. The molecule has 22 heavy (non-hydrogen) atoms. The Morgan fingerprint density at radius 3 is 2.55 bits per heavy atom. The normalized spacial score (nSPS) is 24.5. The molecule has 1 atom stereocenters. The van der Waals surface area contributed by atoms with E-state index in [1.165, 1.54) is 0 Å². The van der Waals surface area contributed by atoms with Gasteiger partial charge in [0.1, 0.15) is 6.04 Å². The highest BCUT2D eigenvalue weighted by Crippen LogP contribution is 2.12. The molecule has 0 radical (unpaired) electrons. The topological polar surface area (TPSA) is 108 Å². The van der Waals surface area contributed by atoms with Crippen LogP contribution in [0.3, 0.4) is 0 Å². The van der Waals surface area contributed by atoms with Gasteiger partial charge < -0.3 is 15.5 Å². The molecule has 0 aromatic heterocycles. The molecule has 126 valence electrons. The van der Waals surface area contributed by atoms with Crippen molar-refractivity contribution in [1.29, 1.82) is 0 Å². The maximum Gasteiger partial charge on any atom is 0.318 e. The number of nitrogens with one attached hydrogen (secondary N) is 3. The number of hydrogen-bond donors (Lipinski definition) is 3. The largest absolute Gasteiger partial charge is 0.354 e. The zero-order valence-electron chi connectivity index (χ0n) is 12.8. The van der Waals surface area contributed by atoms with E-state index in [1.54, 1.807) is 4.90 Å². The van der Waals surface area contributed by atoms with Gasteiger partial charge in [-0.1, -0.05) is 0 Å². The van der Waals surface area contributed by atoms with Crippen LogP contribution in [0.1, 0.15) is 32.1 Å². The van der Waals surface area contributed by atoms with E-state index in [1.807, 2.05) is 0 Å². The highest BCUT2D eigenvalue weighted by molar-refractivity contribution is 7.88. The summed E-state index contributed by atoms with van der Waals surface area (Å²) in [6.45, 7) is 1.62. The van der Waals surface area contributed by atoms with E-state index in [2.05, 4.69) is 15.4 Å². The van der Waals surface area contributed by atoms with E-state index in [0.717, 1.165) is 19.1 Å². The van der Waals surface area contributed by atoms with Gasteiger partial charge in [-0.15, -0.1) is 0 Å². The third-order valence-electron chi connectivity index (χ3n) is 4.00. The maximum absolute atomic E-state index is 12.2. The molecular weight excluding hydrogens is 308 g/mol. The van der Waals surface area contributed by atoms with Crippen molar-refractivity contribution in [3.8, 4) is 0 Å². The molecule has 9 heteroatoms. The molecule has 0 unspecified atom stereocenters. The second-order valence-corrected chi connectivity index (χ2v) is 7.72. The Morgan fingerprint density at radius 2 is 1.91 bits per heavy atom. The van der Waals surface area contributed by atoms with Crippen LogP contribution in [0.4, 0.5) is 4.79 Å². The number of carbonyl (C=O) groups is 2. The SMILES string of the molecule is CS(=O)(=O)NC1CCN(C(=O)N[C@H]2CCCCNC2=O)CC1. The Balaban J connectivity index is 1.80. The predicted octanol–water partition coefficient (Wildman–Crippen LogP) is -0.622. The van der Waals surface area contributed by atoms with Gasteiger partial charge in [-0.2, -0.15) is 0 Å². The van der Waals surface area contributed by atoms with E-state index in [9.17, 15) is 18.0 Å². The predicted molar refractivity (Wildman–Crippen MR) is 81.8 cm³/mol. The Bertz CT molecular complexity index is 514. The Labute approximate surface area is 131 Å². The van der Waals surface area contributed by atoms with Gasteiger partial charge in [-0.05, 0) is 32.1 Å². The third kappa shape index (κ3) is 5.13. The van der Waals surface area contributed by atoms with Crippen molar-refractivity contribution in [2.45, 2.75) is 44.2 Å². The minimum absolute atomic E-state index is 0.125. The van der Waals surface area contributed by atoms with E-state index < -0.39 is 16.1 Å².